The number of amides is 1. The lowest BCUT2D eigenvalue weighted by atomic mass is 10.0. The molecule has 1 saturated heterocycles. The van der Waals surface area contributed by atoms with Gasteiger partial charge in [-0.2, -0.15) is 0 Å². The number of aryl methyl sites for hydroxylation is 1. The molecule has 0 radical (unpaired) electrons. The number of benzene rings is 2. The first-order valence-corrected chi connectivity index (χ1v) is 12.2. The molecule has 1 aliphatic rings. The Morgan fingerprint density at radius 1 is 1.13 bits per heavy atom. The largest absolute Gasteiger partial charge is 0.352 e. The van der Waals surface area contributed by atoms with Crippen molar-refractivity contribution in [3.05, 3.63) is 59.7 Å². The number of likely N-dealkylation sites (tertiary alicyclic amines) is 1. The second-order valence-corrected chi connectivity index (χ2v) is 9.85. The zero-order valence-corrected chi connectivity index (χ0v) is 18.6. The molecule has 0 saturated carbocycles. The smallest absolute Gasteiger partial charge is 0.261 e. The molecular formula is C23H32N3O3S+. The van der Waals surface area contributed by atoms with E-state index in [1.807, 2.05) is 13.0 Å². The van der Waals surface area contributed by atoms with Crippen molar-refractivity contribution < 1.29 is 18.1 Å². The first kappa shape index (κ1) is 22.3. The lowest BCUT2D eigenvalue weighted by molar-refractivity contribution is -0.928. The monoisotopic (exact) mass is 430 g/mol. The Morgan fingerprint density at radius 2 is 1.93 bits per heavy atom. The lowest BCUT2D eigenvalue weighted by Crippen LogP contribution is -3.16. The molecule has 0 aliphatic carbocycles. The minimum atomic E-state index is -3.77. The van der Waals surface area contributed by atoms with Crippen molar-refractivity contribution in [1.29, 1.82) is 0 Å². The van der Waals surface area contributed by atoms with E-state index in [2.05, 4.69) is 17.0 Å². The van der Waals surface area contributed by atoms with Crippen molar-refractivity contribution in [1.82, 2.24) is 5.32 Å². The van der Waals surface area contributed by atoms with E-state index in [-0.39, 0.29) is 10.8 Å². The van der Waals surface area contributed by atoms with Crippen LogP contribution in [0.1, 0.15) is 48.5 Å². The lowest BCUT2D eigenvalue weighted by Gasteiger charge is -2.30. The molecule has 0 spiro atoms. The summed E-state index contributed by atoms with van der Waals surface area (Å²) in [5, 5.41) is 2.92. The van der Waals surface area contributed by atoms with Crippen LogP contribution in [0, 0.1) is 6.92 Å². The van der Waals surface area contributed by atoms with E-state index >= 15 is 0 Å². The number of hydrogen-bond acceptors (Lipinski definition) is 3. The number of hydrogen-bond donors (Lipinski definition) is 3. The van der Waals surface area contributed by atoms with Gasteiger partial charge in [0.25, 0.3) is 15.9 Å². The summed E-state index contributed by atoms with van der Waals surface area (Å²) in [6.45, 7) is 7.05. The van der Waals surface area contributed by atoms with Crippen LogP contribution in [0.3, 0.4) is 0 Å². The Morgan fingerprint density at radius 3 is 2.70 bits per heavy atom. The summed E-state index contributed by atoms with van der Waals surface area (Å²) >= 11 is 0. The van der Waals surface area contributed by atoms with Gasteiger partial charge in [0.1, 0.15) is 0 Å². The van der Waals surface area contributed by atoms with E-state index < -0.39 is 10.0 Å². The molecule has 3 N–H and O–H groups in total. The Bertz CT molecular complexity index is 975. The SMILES string of the molecule is Cc1cccc(NS(=O)(=O)c2cccc(C(=O)NCCC[NH+]3CCCC[C@@H]3C)c2)c1. The highest BCUT2D eigenvalue weighted by Crippen LogP contribution is 2.18. The zero-order chi connectivity index (χ0) is 21.6. The third-order valence-electron chi connectivity index (χ3n) is 5.72. The van der Waals surface area contributed by atoms with Crippen LogP contribution >= 0.6 is 0 Å². The Kier molecular flexibility index (Phi) is 7.50. The zero-order valence-electron chi connectivity index (χ0n) is 17.8. The first-order valence-electron chi connectivity index (χ1n) is 10.7. The summed E-state index contributed by atoms with van der Waals surface area (Å²) in [4.78, 5) is 14.2. The summed E-state index contributed by atoms with van der Waals surface area (Å²) in [6, 6.07) is 14.0. The third kappa shape index (κ3) is 6.06. The van der Waals surface area contributed by atoms with Gasteiger partial charge in [-0.05, 0) is 69.0 Å². The summed E-state index contributed by atoms with van der Waals surface area (Å²) in [5.74, 6) is -0.246. The number of quaternary nitrogens is 1. The number of rotatable bonds is 8. The molecule has 162 valence electrons. The van der Waals surface area contributed by atoms with E-state index in [0.29, 0.717) is 23.8 Å². The van der Waals surface area contributed by atoms with Gasteiger partial charge in [-0.3, -0.25) is 9.52 Å². The Balaban J connectivity index is 1.56. The number of sulfonamides is 1. The standard InChI is InChI=1S/C23H31N3O3S/c1-18-8-5-11-21(16-18)25-30(28,29)22-12-6-10-20(17-22)23(27)24-13-7-15-26-14-4-3-9-19(26)2/h5-6,8,10-12,16-17,19,25H,3-4,7,9,13-15H2,1-2H3,(H,24,27)/p+1/t19-/m0/s1. The molecule has 7 heteroatoms. The average Bonchev–Trinajstić information content (AvgIpc) is 2.72. The molecule has 1 heterocycles. The van der Waals surface area contributed by atoms with Gasteiger partial charge in [-0.1, -0.05) is 18.2 Å². The third-order valence-corrected chi connectivity index (χ3v) is 7.10. The molecular weight excluding hydrogens is 398 g/mol. The van der Waals surface area contributed by atoms with Crippen molar-refractivity contribution in [2.24, 2.45) is 0 Å². The molecule has 30 heavy (non-hydrogen) atoms. The van der Waals surface area contributed by atoms with Crippen LogP contribution in [-0.4, -0.2) is 40.0 Å². The maximum absolute atomic E-state index is 12.7. The minimum absolute atomic E-state index is 0.0724. The number of piperidine rings is 1. The van der Waals surface area contributed by atoms with E-state index in [9.17, 15) is 13.2 Å². The van der Waals surface area contributed by atoms with Gasteiger partial charge in [-0.25, -0.2) is 8.42 Å². The predicted octanol–water partition coefficient (Wildman–Crippen LogP) is 2.37. The molecule has 6 nitrogen and oxygen atoms in total. The van der Waals surface area contributed by atoms with Crippen molar-refractivity contribution in [3.63, 3.8) is 0 Å². The maximum atomic E-state index is 12.7. The highest BCUT2D eigenvalue weighted by Gasteiger charge is 2.21. The molecule has 0 bridgehead atoms. The van der Waals surface area contributed by atoms with Gasteiger partial charge in [0.2, 0.25) is 0 Å². The molecule has 0 aromatic heterocycles. The van der Waals surface area contributed by atoms with Gasteiger partial charge in [0.05, 0.1) is 24.0 Å². The summed E-state index contributed by atoms with van der Waals surface area (Å²) in [5.41, 5.74) is 1.81. The Hall–Kier alpha value is -2.38. The van der Waals surface area contributed by atoms with Crippen molar-refractivity contribution in [3.8, 4) is 0 Å². The van der Waals surface area contributed by atoms with Crippen molar-refractivity contribution in [2.75, 3.05) is 24.4 Å². The van der Waals surface area contributed by atoms with Gasteiger partial charge in [0.15, 0.2) is 0 Å². The van der Waals surface area contributed by atoms with Crippen LogP contribution in [0.15, 0.2) is 53.4 Å². The van der Waals surface area contributed by atoms with E-state index in [4.69, 9.17) is 0 Å². The topological polar surface area (TPSA) is 79.7 Å². The fourth-order valence-electron chi connectivity index (χ4n) is 3.97. The normalized spacial score (nSPS) is 19.3. The maximum Gasteiger partial charge on any atom is 0.261 e. The minimum Gasteiger partial charge on any atom is -0.352 e. The molecule has 2 atom stereocenters. The van der Waals surface area contributed by atoms with Gasteiger partial charge in [-0.15, -0.1) is 0 Å². The molecule has 1 fully saturated rings. The first-order chi connectivity index (χ1) is 14.3. The quantitative estimate of drug-likeness (QED) is 0.563. The molecule has 1 aliphatic heterocycles. The number of nitrogens with one attached hydrogen (secondary N) is 3. The summed E-state index contributed by atoms with van der Waals surface area (Å²) in [7, 11) is -3.77. The number of anilines is 1. The van der Waals surface area contributed by atoms with Crippen LogP contribution in [0.25, 0.3) is 0 Å². The van der Waals surface area contributed by atoms with Crippen LogP contribution in [-0.2, 0) is 10.0 Å². The molecule has 2 aromatic carbocycles. The highest BCUT2D eigenvalue weighted by atomic mass is 32.2. The van der Waals surface area contributed by atoms with Crippen LogP contribution in [0.4, 0.5) is 5.69 Å². The van der Waals surface area contributed by atoms with Crippen LogP contribution in [0.5, 0.6) is 0 Å². The fraction of sp³-hybridized carbons (Fsp3) is 0.435. The van der Waals surface area contributed by atoms with Gasteiger partial charge < -0.3 is 10.2 Å². The van der Waals surface area contributed by atoms with Gasteiger partial charge in [0, 0.05) is 24.2 Å². The average molecular weight is 431 g/mol. The van der Waals surface area contributed by atoms with Crippen molar-refractivity contribution in [2.45, 2.75) is 50.5 Å². The molecule has 1 amide bonds. The predicted molar refractivity (Wildman–Crippen MR) is 119 cm³/mol. The molecule has 2 aromatic rings. The fourth-order valence-corrected chi connectivity index (χ4v) is 5.07. The van der Waals surface area contributed by atoms with Gasteiger partial charge >= 0.3 is 0 Å². The second kappa shape index (κ2) is 10.1. The molecule has 3 rings (SSSR count). The molecule has 1 unspecified atom stereocenters. The number of carbonyl (C=O) groups is 1. The van der Waals surface area contributed by atoms with E-state index in [1.54, 1.807) is 35.2 Å². The van der Waals surface area contributed by atoms with E-state index in [0.717, 1.165) is 18.5 Å². The Labute approximate surface area is 179 Å². The van der Waals surface area contributed by atoms with E-state index in [1.165, 1.54) is 37.9 Å². The summed E-state index contributed by atoms with van der Waals surface area (Å²) in [6.07, 6.45) is 4.79. The van der Waals surface area contributed by atoms with Crippen LogP contribution in [0.2, 0.25) is 0 Å². The highest BCUT2D eigenvalue weighted by molar-refractivity contribution is 7.92. The number of carbonyl (C=O) groups excluding carboxylic acids is 1. The second-order valence-electron chi connectivity index (χ2n) is 8.17. The van der Waals surface area contributed by atoms with Crippen molar-refractivity contribution >= 4 is 21.6 Å². The van der Waals surface area contributed by atoms with Crippen LogP contribution < -0.4 is 14.9 Å². The summed E-state index contributed by atoms with van der Waals surface area (Å²) < 4.78 is 28.0.